The summed E-state index contributed by atoms with van der Waals surface area (Å²) < 4.78 is 3.69. The average Bonchev–Trinajstić information content (AvgIpc) is 3.32. The standard InChI is InChI=1S/C21H22N4S/c1-2-4-16(5-3-1)21-24-18-14-23-17-9-13-26-20(17)19(18)25(21)12-8-15-6-10-22-11-7-15/h1-5,9,13-15,22H,6-8,10-12H2. The Morgan fingerprint density at radius 2 is 1.92 bits per heavy atom. The number of pyridine rings is 1. The van der Waals surface area contributed by atoms with Crippen LogP contribution in [0.1, 0.15) is 19.3 Å². The van der Waals surface area contributed by atoms with Crippen molar-refractivity contribution in [2.24, 2.45) is 5.92 Å². The molecule has 3 aromatic heterocycles. The molecule has 1 aromatic carbocycles. The van der Waals surface area contributed by atoms with Crippen LogP contribution >= 0.6 is 11.3 Å². The van der Waals surface area contributed by atoms with E-state index in [1.165, 1.54) is 35.0 Å². The second kappa shape index (κ2) is 6.82. The van der Waals surface area contributed by atoms with E-state index in [0.717, 1.165) is 42.4 Å². The van der Waals surface area contributed by atoms with Gasteiger partial charge in [0.25, 0.3) is 0 Å². The molecule has 0 unspecified atom stereocenters. The molecule has 4 aromatic rings. The van der Waals surface area contributed by atoms with Crippen molar-refractivity contribution in [1.29, 1.82) is 0 Å². The van der Waals surface area contributed by atoms with Crippen molar-refractivity contribution in [3.63, 3.8) is 0 Å². The fourth-order valence-corrected chi connectivity index (χ4v) is 4.92. The zero-order chi connectivity index (χ0) is 17.3. The lowest BCUT2D eigenvalue weighted by Crippen LogP contribution is -2.28. The zero-order valence-electron chi connectivity index (χ0n) is 14.7. The lowest BCUT2D eigenvalue weighted by Gasteiger charge is -2.23. The molecular weight excluding hydrogens is 340 g/mol. The Bertz CT molecular complexity index is 1030. The lowest BCUT2D eigenvalue weighted by atomic mass is 9.94. The van der Waals surface area contributed by atoms with Crippen LogP contribution in [0.3, 0.4) is 0 Å². The van der Waals surface area contributed by atoms with Gasteiger partial charge < -0.3 is 9.88 Å². The van der Waals surface area contributed by atoms with Crippen LogP contribution in [-0.4, -0.2) is 27.6 Å². The number of aromatic nitrogens is 3. The van der Waals surface area contributed by atoms with Crippen LogP contribution < -0.4 is 5.32 Å². The minimum atomic E-state index is 0.804. The number of benzene rings is 1. The van der Waals surface area contributed by atoms with E-state index >= 15 is 0 Å². The molecule has 0 radical (unpaired) electrons. The van der Waals surface area contributed by atoms with Crippen molar-refractivity contribution < 1.29 is 0 Å². The van der Waals surface area contributed by atoms with Gasteiger partial charge in [-0.05, 0) is 49.7 Å². The van der Waals surface area contributed by atoms with E-state index in [0.29, 0.717) is 0 Å². The van der Waals surface area contributed by atoms with Crippen molar-refractivity contribution in [3.8, 4) is 11.4 Å². The van der Waals surface area contributed by atoms with Crippen LogP contribution in [0.25, 0.3) is 32.6 Å². The van der Waals surface area contributed by atoms with Crippen molar-refractivity contribution >= 4 is 32.6 Å². The van der Waals surface area contributed by atoms with Crippen LogP contribution in [-0.2, 0) is 6.54 Å². The summed E-state index contributed by atoms with van der Waals surface area (Å²) in [6, 6.07) is 12.6. The highest BCUT2D eigenvalue weighted by molar-refractivity contribution is 7.18. The summed E-state index contributed by atoms with van der Waals surface area (Å²) in [5, 5.41) is 5.60. The first-order valence-corrected chi connectivity index (χ1v) is 10.3. The number of nitrogens with zero attached hydrogens (tertiary/aromatic N) is 3. The van der Waals surface area contributed by atoms with Gasteiger partial charge in [-0.15, -0.1) is 11.3 Å². The Labute approximate surface area is 156 Å². The first kappa shape index (κ1) is 16.0. The molecule has 1 aliphatic heterocycles. The zero-order valence-corrected chi connectivity index (χ0v) is 15.5. The largest absolute Gasteiger partial charge is 0.323 e. The van der Waals surface area contributed by atoms with Gasteiger partial charge in [0, 0.05) is 12.1 Å². The number of fused-ring (bicyclic) bond motifs is 3. The molecule has 0 aliphatic carbocycles. The van der Waals surface area contributed by atoms with Gasteiger partial charge in [0.05, 0.1) is 21.9 Å². The lowest BCUT2D eigenvalue weighted by molar-refractivity contribution is 0.340. The molecule has 1 N–H and O–H groups in total. The van der Waals surface area contributed by atoms with E-state index < -0.39 is 0 Å². The predicted molar refractivity (Wildman–Crippen MR) is 109 cm³/mol. The predicted octanol–water partition coefficient (Wildman–Crippen LogP) is 4.70. The molecule has 1 saturated heterocycles. The molecule has 0 amide bonds. The maximum Gasteiger partial charge on any atom is 0.141 e. The second-order valence-electron chi connectivity index (χ2n) is 7.06. The molecular formula is C21H22N4S. The Balaban J connectivity index is 1.62. The van der Waals surface area contributed by atoms with Gasteiger partial charge in [0.2, 0.25) is 0 Å². The third kappa shape index (κ3) is 2.81. The fourth-order valence-electron chi connectivity index (χ4n) is 4.02. The van der Waals surface area contributed by atoms with Crippen molar-refractivity contribution in [2.75, 3.05) is 13.1 Å². The van der Waals surface area contributed by atoms with Gasteiger partial charge in [-0.2, -0.15) is 0 Å². The first-order chi connectivity index (χ1) is 12.9. The minimum absolute atomic E-state index is 0.804. The number of imidazole rings is 1. The first-order valence-electron chi connectivity index (χ1n) is 9.39. The fraction of sp³-hybridized carbons (Fsp3) is 0.333. The number of aryl methyl sites for hydroxylation is 1. The molecule has 0 spiro atoms. The number of rotatable bonds is 4. The van der Waals surface area contributed by atoms with Crippen LogP contribution in [0.2, 0.25) is 0 Å². The highest BCUT2D eigenvalue weighted by Crippen LogP contribution is 2.33. The van der Waals surface area contributed by atoms with Crippen LogP contribution in [0, 0.1) is 5.92 Å². The monoisotopic (exact) mass is 362 g/mol. The summed E-state index contributed by atoms with van der Waals surface area (Å²) in [6.07, 6.45) is 5.70. The summed E-state index contributed by atoms with van der Waals surface area (Å²) in [7, 11) is 0. The van der Waals surface area contributed by atoms with Crippen molar-refractivity contribution in [3.05, 3.63) is 48.0 Å². The second-order valence-corrected chi connectivity index (χ2v) is 7.98. The maximum absolute atomic E-state index is 4.97. The molecule has 4 heterocycles. The van der Waals surface area contributed by atoms with E-state index in [2.05, 4.69) is 56.6 Å². The summed E-state index contributed by atoms with van der Waals surface area (Å²) >= 11 is 1.77. The molecule has 0 saturated carbocycles. The van der Waals surface area contributed by atoms with E-state index in [4.69, 9.17) is 4.98 Å². The minimum Gasteiger partial charge on any atom is -0.323 e. The molecule has 0 atom stereocenters. The van der Waals surface area contributed by atoms with E-state index in [1.54, 1.807) is 11.3 Å². The number of hydrogen-bond acceptors (Lipinski definition) is 4. The highest BCUT2D eigenvalue weighted by Gasteiger charge is 2.19. The van der Waals surface area contributed by atoms with Gasteiger partial charge in [-0.3, -0.25) is 4.98 Å². The SMILES string of the molecule is c1ccc(-c2nc3cnc4ccsc4c3n2CCC2CCNCC2)cc1. The third-order valence-electron chi connectivity index (χ3n) is 5.43. The maximum atomic E-state index is 4.97. The summed E-state index contributed by atoms with van der Waals surface area (Å²) in [6.45, 7) is 3.32. The van der Waals surface area contributed by atoms with Crippen LogP contribution in [0.4, 0.5) is 0 Å². The molecule has 26 heavy (non-hydrogen) atoms. The number of hydrogen-bond donors (Lipinski definition) is 1. The Kier molecular flexibility index (Phi) is 4.19. The van der Waals surface area contributed by atoms with E-state index in [9.17, 15) is 0 Å². The summed E-state index contributed by atoms with van der Waals surface area (Å²) in [5.74, 6) is 1.87. The molecule has 1 fully saturated rings. The summed E-state index contributed by atoms with van der Waals surface area (Å²) in [4.78, 5) is 9.56. The molecule has 4 nitrogen and oxygen atoms in total. The van der Waals surface area contributed by atoms with Gasteiger partial charge in [0.15, 0.2) is 0 Å². The van der Waals surface area contributed by atoms with E-state index in [-0.39, 0.29) is 0 Å². The van der Waals surface area contributed by atoms with Gasteiger partial charge in [-0.1, -0.05) is 30.3 Å². The molecule has 0 bridgehead atoms. The van der Waals surface area contributed by atoms with Gasteiger partial charge in [-0.25, -0.2) is 4.98 Å². The smallest absolute Gasteiger partial charge is 0.141 e. The number of thiophene rings is 1. The Morgan fingerprint density at radius 3 is 2.77 bits per heavy atom. The van der Waals surface area contributed by atoms with Crippen molar-refractivity contribution in [2.45, 2.75) is 25.8 Å². The average molecular weight is 363 g/mol. The third-order valence-corrected chi connectivity index (χ3v) is 6.34. The normalized spacial score (nSPS) is 15.8. The van der Waals surface area contributed by atoms with Crippen LogP contribution in [0.5, 0.6) is 0 Å². The number of piperidine rings is 1. The Morgan fingerprint density at radius 1 is 1.08 bits per heavy atom. The molecule has 132 valence electrons. The van der Waals surface area contributed by atoms with Crippen molar-refractivity contribution in [1.82, 2.24) is 19.9 Å². The van der Waals surface area contributed by atoms with Gasteiger partial charge in [0.1, 0.15) is 11.3 Å². The topological polar surface area (TPSA) is 42.7 Å². The number of nitrogens with one attached hydrogen (secondary N) is 1. The molecule has 5 heteroatoms. The molecule has 1 aliphatic rings. The van der Waals surface area contributed by atoms with Crippen LogP contribution in [0.15, 0.2) is 48.0 Å². The summed E-state index contributed by atoms with van der Waals surface area (Å²) in [5.41, 5.74) is 4.51. The quantitative estimate of drug-likeness (QED) is 0.572. The highest BCUT2D eigenvalue weighted by atomic mass is 32.1. The molecule has 5 rings (SSSR count). The van der Waals surface area contributed by atoms with E-state index in [1.807, 2.05) is 6.20 Å². The Hall–Kier alpha value is -2.24. The van der Waals surface area contributed by atoms with Gasteiger partial charge >= 0.3 is 0 Å².